The highest BCUT2D eigenvalue weighted by atomic mass is 16.3. The molecule has 0 spiro atoms. The van der Waals surface area contributed by atoms with Crippen molar-refractivity contribution in [1.82, 2.24) is 10.6 Å². The molecule has 0 aliphatic heterocycles. The van der Waals surface area contributed by atoms with Crippen LogP contribution in [-0.4, -0.2) is 59.4 Å². The van der Waals surface area contributed by atoms with Crippen molar-refractivity contribution in [2.75, 3.05) is 26.3 Å². The number of aliphatic hydroxyl groups excluding tert-OH is 2. The summed E-state index contributed by atoms with van der Waals surface area (Å²) in [4.78, 5) is 24.8. The van der Waals surface area contributed by atoms with Gasteiger partial charge in [0, 0.05) is 26.3 Å². The average molecular weight is 429 g/mol. The molecule has 0 atom stereocenters. The zero-order valence-electron chi connectivity index (χ0n) is 19.5. The number of nitrogens with zero attached hydrogens (tertiary/aromatic N) is 2. The lowest BCUT2D eigenvalue weighted by Crippen LogP contribution is -2.43. The molecule has 0 aromatic carbocycles. The lowest BCUT2D eigenvalue weighted by Gasteiger charge is -2.22. The Morgan fingerprint density at radius 3 is 1.23 bits per heavy atom. The summed E-state index contributed by atoms with van der Waals surface area (Å²) in [5.74, 6) is -0.415. The lowest BCUT2D eigenvalue weighted by molar-refractivity contribution is -0.127. The highest BCUT2D eigenvalue weighted by Crippen LogP contribution is 2.17. The Morgan fingerprint density at radius 1 is 0.600 bits per heavy atom. The van der Waals surface area contributed by atoms with Gasteiger partial charge in [0.05, 0.1) is 0 Å². The molecule has 0 saturated heterocycles. The minimum atomic E-state index is -1.04. The molecule has 0 fully saturated rings. The number of amides is 2. The summed E-state index contributed by atoms with van der Waals surface area (Å²) in [5.41, 5.74) is -2.08. The van der Waals surface area contributed by atoms with E-state index in [0.29, 0.717) is 13.1 Å². The minimum absolute atomic E-state index is 0.208. The Labute approximate surface area is 182 Å². The van der Waals surface area contributed by atoms with Crippen molar-refractivity contribution in [3.8, 4) is 0 Å². The van der Waals surface area contributed by atoms with Gasteiger partial charge in [-0.05, 0) is 53.4 Å². The van der Waals surface area contributed by atoms with Crippen LogP contribution in [0.5, 0.6) is 0 Å². The molecular weight excluding hydrogens is 384 g/mol. The molecule has 0 aliphatic rings. The number of hydrogen-bond acceptors (Lipinski definition) is 6. The molecule has 0 aliphatic carbocycles. The van der Waals surface area contributed by atoms with E-state index in [-0.39, 0.29) is 25.0 Å². The molecule has 0 aromatic heterocycles. The minimum Gasteiger partial charge on any atom is -0.396 e. The van der Waals surface area contributed by atoms with Crippen molar-refractivity contribution in [2.45, 2.75) is 103 Å². The SMILES string of the molecule is CC(C)(N=NC(C)(C)C(=O)NCCCCCCCO)C(=O)NCCCCCCCO. The van der Waals surface area contributed by atoms with Crippen LogP contribution >= 0.6 is 0 Å². The van der Waals surface area contributed by atoms with Gasteiger partial charge in [-0.3, -0.25) is 9.59 Å². The van der Waals surface area contributed by atoms with Gasteiger partial charge >= 0.3 is 0 Å². The van der Waals surface area contributed by atoms with E-state index in [2.05, 4.69) is 20.9 Å². The van der Waals surface area contributed by atoms with Gasteiger partial charge < -0.3 is 20.8 Å². The number of nitrogens with one attached hydrogen (secondary N) is 2. The molecule has 176 valence electrons. The van der Waals surface area contributed by atoms with Crippen LogP contribution in [0.3, 0.4) is 0 Å². The third-order valence-electron chi connectivity index (χ3n) is 4.90. The summed E-state index contributed by atoms with van der Waals surface area (Å²) < 4.78 is 0. The number of carbonyl (C=O) groups excluding carboxylic acids is 2. The van der Waals surface area contributed by atoms with E-state index >= 15 is 0 Å². The van der Waals surface area contributed by atoms with Crippen molar-refractivity contribution in [3.05, 3.63) is 0 Å². The third kappa shape index (κ3) is 13.6. The highest BCUT2D eigenvalue weighted by Gasteiger charge is 2.31. The first-order valence-corrected chi connectivity index (χ1v) is 11.4. The zero-order chi connectivity index (χ0) is 22.9. The first-order valence-electron chi connectivity index (χ1n) is 11.4. The van der Waals surface area contributed by atoms with Gasteiger partial charge in [0.15, 0.2) is 11.1 Å². The average Bonchev–Trinajstić information content (AvgIpc) is 2.70. The quantitative estimate of drug-likeness (QED) is 0.198. The maximum Gasteiger partial charge on any atom is 0.249 e. The Kier molecular flexibility index (Phi) is 15.4. The summed E-state index contributed by atoms with van der Waals surface area (Å²) in [6.07, 6.45) is 9.55. The molecule has 30 heavy (non-hydrogen) atoms. The van der Waals surface area contributed by atoms with Crippen LogP contribution in [0.2, 0.25) is 0 Å². The zero-order valence-corrected chi connectivity index (χ0v) is 19.5. The Morgan fingerprint density at radius 2 is 0.900 bits per heavy atom. The second kappa shape index (κ2) is 16.2. The van der Waals surface area contributed by atoms with Crippen molar-refractivity contribution in [1.29, 1.82) is 0 Å². The maximum absolute atomic E-state index is 12.4. The van der Waals surface area contributed by atoms with E-state index in [1.807, 2.05) is 0 Å². The second-order valence-corrected chi connectivity index (χ2v) is 8.81. The van der Waals surface area contributed by atoms with Crippen LogP contribution in [0.1, 0.15) is 91.9 Å². The number of azo groups is 1. The van der Waals surface area contributed by atoms with Gasteiger partial charge in [-0.15, -0.1) is 0 Å². The predicted octanol–water partition coefficient (Wildman–Crippen LogP) is 3.11. The van der Waals surface area contributed by atoms with Crippen molar-refractivity contribution in [3.63, 3.8) is 0 Å². The molecule has 8 nitrogen and oxygen atoms in total. The molecule has 8 heteroatoms. The summed E-state index contributed by atoms with van der Waals surface area (Å²) >= 11 is 0. The van der Waals surface area contributed by atoms with Crippen molar-refractivity contribution in [2.24, 2.45) is 10.2 Å². The monoisotopic (exact) mass is 428 g/mol. The molecule has 0 bridgehead atoms. The summed E-state index contributed by atoms with van der Waals surface area (Å²) in [5, 5.41) is 31.6. The van der Waals surface area contributed by atoms with Crippen LogP contribution < -0.4 is 10.6 Å². The van der Waals surface area contributed by atoms with E-state index in [1.165, 1.54) is 0 Å². The fourth-order valence-corrected chi connectivity index (χ4v) is 2.71. The van der Waals surface area contributed by atoms with Gasteiger partial charge in [-0.25, -0.2) is 0 Å². The fraction of sp³-hybridized carbons (Fsp3) is 0.909. The molecule has 0 heterocycles. The number of rotatable bonds is 18. The Bertz CT molecular complexity index is 463. The summed E-state index contributed by atoms with van der Waals surface area (Å²) in [6, 6.07) is 0. The van der Waals surface area contributed by atoms with Crippen molar-refractivity contribution < 1.29 is 19.8 Å². The fourth-order valence-electron chi connectivity index (χ4n) is 2.71. The van der Waals surface area contributed by atoms with Crippen LogP contribution in [0.4, 0.5) is 0 Å². The van der Waals surface area contributed by atoms with Crippen LogP contribution in [0.15, 0.2) is 10.2 Å². The molecule has 0 unspecified atom stereocenters. The number of aliphatic hydroxyl groups is 2. The molecule has 0 saturated carbocycles. The summed E-state index contributed by atoms with van der Waals surface area (Å²) in [6.45, 7) is 8.38. The number of carbonyl (C=O) groups is 2. The Hall–Kier alpha value is -1.54. The highest BCUT2D eigenvalue weighted by molar-refractivity contribution is 5.86. The third-order valence-corrected chi connectivity index (χ3v) is 4.90. The van der Waals surface area contributed by atoms with Gasteiger partial charge in [-0.1, -0.05) is 38.5 Å². The predicted molar refractivity (Wildman–Crippen MR) is 119 cm³/mol. The molecule has 0 aromatic rings. The van der Waals surface area contributed by atoms with Crippen LogP contribution in [-0.2, 0) is 9.59 Å². The van der Waals surface area contributed by atoms with E-state index < -0.39 is 11.1 Å². The molecule has 4 N–H and O–H groups in total. The number of hydrogen-bond donors (Lipinski definition) is 4. The second-order valence-electron chi connectivity index (χ2n) is 8.81. The Balaban J connectivity index is 4.26. The van der Waals surface area contributed by atoms with Crippen molar-refractivity contribution >= 4 is 11.8 Å². The van der Waals surface area contributed by atoms with E-state index in [4.69, 9.17) is 10.2 Å². The van der Waals surface area contributed by atoms with Crippen LogP contribution in [0, 0.1) is 0 Å². The largest absolute Gasteiger partial charge is 0.396 e. The standard InChI is InChI=1S/C22H44N4O4/c1-21(2,19(29)23-15-11-7-5-9-13-17-27)25-26-22(3,4)20(30)24-16-12-8-6-10-14-18-28/h27-28H,5-18H2,1-4H3,(H,23,29)(H,24,30). The lowest BCUT2D eigenvalue weighted by atomic mass is 10.0. The van der Waals surface area contributed by atoms with Crippen LogP contribution in [0.25, 0.3) is 0 Å². The maximum atomic E-state index is 12.4. The first kappa shape index (κ1) is 28.5. The van der Waals surface area contributed by atoms with Gasteiger partial charge in [0.25, 0.3) is 0 Å². The van der Waals surface area contributed by atoms with E-state index in [1.54, 1.807) is 27.7 Å². The normalized spacial score (nSPS) is 12.3. The topological polar surface area (TPSA) is 123 Å². The first-order chi connectivity index (χ1) is 14.2. The van der Waals surface area contributed by atoms with Gasteiger partial charge in [0.1, 0.15) is 0 Å². The van der Waals surface area contributed by atoms with Gasteiger partial charge in [-0.2, -0.15) is 10.2 Å². The number of unbranched alkanes of at least 4 members (excludes halogenated alkanes) is 8. The molecule has 0 rings (SSSR count). The molecule has 2 amide bonds. The smallest absolute Gasteiger partial charge is 0.249 e. The molecular formula is C22H44N4O4. The molecule has 0 radical (unpaired) electrons. The van der Waals surface area contributed by atoms with E-state index in [0.717, 1.165) is 64.2 Å². The van der Waals surface area contributed by atoms with E-state index in [9.17, 15) is 9.59 Å². The van der Waals surface area contributed by atoms with Gasteiger partial charge in [0.2, 0.25) is 11.8 Å². The summed E-state index contributed by atoms with van der Waals surface area (Å²) in [7, 11) is 0.